The summed E-state index contributed by atoms with van der Waals surface area (Å²) in [6.07, 6.45) is 3.57. The Morgan fingerprint density at radius 2 is 1.89 bits per heavy atom. The summed E-state index contributed by atoms with van der Waals surface area (Å²) >= 11 is 3.51. The van der Waals surface area contributed by atoms with Crippen LogP contribution in [0.5, 0.6) is 5.75 Å². The molecule has 0 radical (unpaired) electrons. The summed E-state index contributed by atoms with van der Waals surface area (Å²) < 4.78 is 10.8. The van der Waals surface area contributed by atoms with E-state index in [9.17, 15) is 4.79 Å². The highest BCUT2D eigenvalue weighted by Gasteiger charge is 2.22. The number of morpholine rings is 1. The van der Waals surface area contributed by atoms with Gasteiger partial charge in [-0.2, -0.15) is 0 Å². The Labute approximate surface area is 230 Å². The fourth-order valence-electron chi connectivity index (χ4n) is 4.70. The Morgan fingerprint density at radius 3 is 2.74 bits per heavy atom. The van der Waals surface area contributed by atoms with Crippen molar-refractivity contribution in [2.24, 2.45) is 0 Å². The third-order valence-corrected chi connectivity index (χ3v) is 9.30. The molecule has 1 saturated heterocycles. The highest BCUT2D eigenvalue weighted by molar-refractivity contribution is 8.05. The Hall–Kier alpha value is -3.40. The molecule has 0 amide bonds. The van der Waals surface area contributed by atoms with Gasteiger partial charge in [0.25, 0.3) is 0 Å². The lowest BCUT2D eigenvalue weighted by molar-refractivity contribution is 0.122. The number of methoxy groups -OCH3 is 1. The Bertz CT molecular complexity index is 1530. The van der Waals surface area contributed by atoms with E-state index in [1.54, 1.807) is 42.9 Å². The third kappa shape index (κ3) is 5.14. The Balaban J connectivity index is 1.26. The van der Waals surface area contributed by atoms with Gasteiger partial charge in [-0.3, -0.25) is 9.78 Å². The van der Waals surface area contributed by atoms with E-state index < -0.39 is 0 Å². The molecule has 0 aliphatic carbocycles. The minimum Gasteiger partial charge on any atom is -0.495 e. The van der Waals surface area contributed by atoms with E-state index in [1.807, 2.05) is 12.3 Å². The van der Waals surface area contributed by atoms with Crippen molar-refractivity contribution in [3.05, 3.63) is 82.9 Å². The van der Waals surface area contributed by atoms with Crippen LogP contribution in [0.1, 0.15) is 18.5 Å². The summed E-state index contributed by atoms with van der Waals surface area (Å²) in [6.45, 7) is 5.05. The van der Waals surface area contributed by atoms with Crippen LogP contribution in [0.15, 0.2) is 91.4 Å². The predicted octanol–water partition coefficient (Wildman–Crippen LogP) is 6.07. The average molecular weight is 545 g/mol. The monoisotopic (exact) mass is 544 g/mol. The largest absolute Gasteiger partial charge is 0.495 e. The lowest BCUT2D eigenvalue weighted by Crippen LogP contribution is -2.36. The second kappa shape index (κ2) is 10.8. The number of nitrogens with one attached hydrogen (secondary N) is 2. The highest BCUT2D eigenvalue weighted by atomic mass is 32.2. The number of hydrogen-bond donors (Lipinski definition) is 2. The number of aromatic amines is 1. The van der Waals surface area contributed by atoms with Crippen LogP contribution in [-0.4, -0.2) is 43.4 Å². The molecule has 2 aromatic carbocycles. The van der Waals surface area contributed by atoms with Crippen molar-refractivity contribution < 1.29 is 9.47 Å². The van der Waals surface area contributed by atoms with Gasteiger partial charge in [0, 0.05) is 61.9 Å². The van der Waals surface area contributed by atoms with Crippen molar-refractivity contribution in [1.82, 2.24) is 9.97 Å². The molecule has 4 aromatic rings. The van der Waals surface area contributed by atoms with Gasteiger partial charge in [-0.1, -0.05) is 35.7 Å². The van der Waals surface area contributed by atoms with Crippen LogP contribution in [0.25, 0.3) is 11.3 Å². The zero-order chi connectivity index (χ0) is 26.1. The van der Waals surface area contributed by atoms with Gasteiger partial charge in [0.05, 0.1) is 38.3 Å². The van der Waals surface area contributed by atoms with Crippen molar-refractivity contribution in [3.63, 3.8) is 0 Å². The number of aromatic nitrogens is 2. The van der Waals surface area contributed by atoms with Gasteiger partial charge in [-0.25, -0.2) is 0 Å². The summed E-state index contributed by atoms with van der Waals surface area (Å²) in [6, 6.07) is 18.6. The summed E-state index contributed by atoms with van der Waals surface area (Å²) in [5.41, 5.74) is 4.84. The van der Waals surface area contributed by atoms with Crippen LogP contribution in [0.3, 0.4) is 0 Å². The highest BCUT2D eigenvalue weighted by Crippen LogP contribution is 2.52. The zero-order valence-electron chi connectivity index (χ0n) is 21.2. The molecule has 6 rings (SSSR count). The van der Waals surface area contributed by atoms with E-state index in [1.165, 1.54) is 14.7 Å². The van der Waals surface area contributed by atoms with Crippen LogP contribution >= 0.6 is 23.5 Å². The molecule has 0 bridgehead atoms. The third-order valence-electron chi connectivity index (χ3n) is 6.70. The van der Waals surface area contributed by atoms with Gasteiger partial charge in [-0.05, 0) is 48.9 Å². The number of ether oxygens (including phenoxy) is 2. The van der Waals surface area contributed by atoms with Crippen LogP contribution < -0.4 is 20.5 Å². The quantitative estimate of drug-likeness (QED) is 0.267. The number of hydrogen-bond acceptors (Lipinski definition) is 8. The molecule has 1 atom stereocenters. The van der Waals surface area contributed by atoms with Gasteiger partial charge >= 0.3 is 0 Å². The molecule has 0 spiro atoms. The number of nitrogens with zero attached hydrogens (tertiary/aromatic N) is 2. The predicted molar refractivity (Wildman–Crippen MR) is 153 cm³/mol. The first-order valence-electron chi connectivity index (χ1n) is 12.5. The maximum absolute atomic E-state index is 12.6. The summed E-state index contributed by atoms with van der Waals surface area (Å²) in [7, 11) is 1.65. The van der Waals surface area contributed by atoms with Crippen molar-refractivity contribution in [1.29, 1.82) is 0 Å². The van der Waals surface area contributed by atoms with E-state index in [4.69, 9.17) is 9.47 Å². The van der Waals surface area contributed by atoms with E-state index in [2.05, 4.69) is 69.6 Å². The van der Waals surface area contributed by atoms with E-state index in [0.29, 0.717) is 13.2 Å². The topological polar surface area (TPSA) is 79.5 Å². The number of pyridine rings is 2. The second-order valence-electron chi connectivity index (χ2n) is 9.24. The molecular weight excluding hydrogens is 516 g/mol. The van der Waals surface area contributed by atoms with Crippen LogP contribution in [0.4, 0.5) is 11.4 Å². The minimum atomic E-state index is -0.0912. The summed E-state index contributed by atoms with van der Waals surface area (Å²) in [5, 5.41) is 3.59. The van der Waals surface area contributed by atoms with Crippen molar-refractivity contribution in [2.45, 2.75) is 32.5 Å². The zero-order valence-corrected chi connectivity index (χ0v) is 22.8. The lowest BCUT2D eigenvalue weighted by Gasteiger charge is -2.29. The van der Waals surface area contributed by atoms with Crippen molar-refractivity contribution >= 4 is 34.9 Å². The number of H-pyrrole nitrogens is 1. The average Bonchev–Trinajstić information content (AvgIpc) is 2.96. The first-order chi connectivity index (χ1) is 18.6. The fourth-order valence-corrected chi connectivity index (χ4v) is 7.11. The van der Waals surface area contributed by atoms with Gasteiger partial charge < -0.3 is 24.7 Å². The molecule has 2 N–H and O–H groups in total. The molecule has 9 heteroatoms. The van der Waals surface area contributed by atoms with Crippen LogP contribution in [-0.2, 0) is 4.74 Å². The normalized spacial score (nSPS) is 15.4. The SMILES string of the molecule is COc1cncc(C(C)Nc2ccc3c(c2)Sc2cccc(-c4cc(N5CCOCC5)cc(=O)[nH]4)c2S3)c1. The van der Waals surface area contributed by atoms with Gasteiger partial charge in [0.15, 0.2) is 0 Å². The number of fused-ring (bicyclic) bond motifs is 2. The molecule has 7 nitrogen and oxygen atoms in total. The standard InChI is InChI=1S/C29H28N4O3S2/c1-18(19-12-22(35-2)17-30-16-19)31-20-6-7-25-27(13-20)37-26-5-3-4-23(29(26)38-25)24-14-21(15-28(34)32-24)33-8-10-36-11-9-33/h3-7,12-18,31H,8-11H2,1-2H3,(H,32,34). The Kier molecular flexibility index (Phi) is 7.06. The molecule has 38 heavy (non-hydrogen) atoms. The molecule has 1 fully saturated rings. The fraction of sp³-hybridized carbons (Fsp3) is 0.241. The number of anilines is 2. The van der Waals surface area contributed by atoms with Gasteiger partial charge in [0.2, 0.25) is 5.56 Å². The summed E-state index contributed by atoms with van der Waals surface area (Å²) in [4.78, 5) is 26.9. The van der Waals surface area contributed by atoms with Crippen molar-refractivity contribution in [2.75, 3.05) is 43.6 Å². The lowest BCUT2D eigenvalue weighted by atomic mass is 10.1. The van der Waals surface area contributed by atoms with E-state index >= 15 is 0 Å². The number of benzene rings is 2. The minimum absolute atomic E-state index is 0.0753. The van der Waals surface area contributed by atoms with E-state index in [-0.39, 0.29) is 11.6 Å². The molecular formula is C29H28N4O3S2. The second-order valence-corrected chi connectivity index (χ2v) is 11.4. The Morgan fingerprint density at radius 1 is 1.03 bits per heavy atom. The molecule has 2 aromatic heterocycles. The molecule has 194 valence electrons. The van der Waals surface area contributed by atoms with Gasteiger partial charge in [-0.15, -0.1) is 0 Å². The molecule has 0 saturated carbocycles. The maximum Gasteiger partial charge on any atom is 0.250 e. The van der Waals surface area contributed by atoms with Crippen LogP contribution in [0.2, 0.25) is 0 Å². The molecule has 2 aliphatic heterocycles. The first-order valence-corrected chi connectivity index (χ1v) is 14.2. The summed E-state index contributed by atoms with van der Waals surface area (Å²) in [5.74, 6) is 0.748. The van der Waals surface area contributed by atoms with Crippen molar-refractivity contribution in [3.8, 4) is 17.0 Å². The van der Waals surface area contributed by atoms with E-state index in [0.717, 1.165) is 51.9 Å². The first kappa shape index (κ1) is 24.9. The van der Waals surface area contributed by atoms with Gasteiger partial charge in [0.1, 0.15) is 5.75 Å². The molecule has 2 aliphatic rings. The molecule has 1 unspecified atom stereocenters. The smallest absolute Gasteiger partial charge is 0.250 e. The van der Waals surface area contributed by atoms with Crippen LogP contribution in [0, 0.1) is 0 Å². The molecule has 4 heterocycles. The maximum atomic E-state index is 12.6. The number of rotatable bonds is 6.